The summed E-state index contributed by atoms with van der Waals surface area (Å²) in [5.41, 5.74) is 17.8. The van der Waals surface area contributed by atoms with Crippen molar-refractivity contribution in [3.05, 3.63) is 120 Å². The first-order valence-corrected chi connectivity index (χ1v) is 23.2. The Hall–Kier alpha value is -4.44. The zero-order valence-electron chi connectivity index (χ0n) is 35.1. The number of para-hydroxylation sites is 4. The minimum Gasteiger partial charge on any atom is -0.335 e. The number of hydrogen-bond donors (Lipinski definition) is 0. The van der Waals surface area contributed by atoms with Gasteiger partial charge < -0.3 is 14.7 Å². The molecule has 4 aliphatic carbocycles. The lowest BCUT2D eigenvalue weighted by molar-refractivity contribution is 0.0318. The molecule has 5 aromatic carbocycles. The molecule has 3 nitrogen and oxygen atoms in total. The van der Waals surface area contributed by atoms with E-state index >= 15 is 0 Å². The predicted octanol–water partition coefficient (Wildman–Crippen LogP) is 11.8. The van der Waals surface area contributed by atoms with E-state index in [0.717, 1.165) is 23.7 Å². The third-order valence-electron chi connectivity index (χ3n) is 19.0. The molecule has 4 fully saturated rings. The molecule has 0 saturated heterocycles. The summed E-state index contributed by atoms with van der Waals surface area (Å²) in [6.45, 7) is 11.0. The van der Waals surface area contributed by atoms with Crippen LogP contribution in [0.3, 0.4) is 0 Å². The second-order valence-electron chi connectivity index (χ2n) is 20.8. The molecular formula is C54H58BN3. The molecule has 292 valence electrons. The maximum Gasteiger partial charge on any atom is 0.252 e. The Morgan fingerprint density at radius 2 is 0.948 bits per heavy atom. The van der Waals surface area contributed by atoms with E-state index in [1.165, 1.54) is 105 Å². The normalized spacial score (nSPS) is 34.2. The molecule has 4 saturated carbocycles. The summed E-state index contributed by atoms with van der Waals surface area (Å²) in [6, 6.07) is 42.9. The minimum absolute atomic E-state index is 0.0165. The Morgan fingerprint density at radius 1 is 0.500 bits per heavy atom. The van der Waals surface area contributed by atoms with Crippen molar-refractivity contribution in [2.45, 2.75) is 127 Å². The van der Waals surface area contributed by atoms with Gasteiger partial charge in [0.25, 0.3) is 6.71 Å². The highest BCUT2D eigenvalue weighted by molar-refractivity contribution is 7.00. The van der Waals surface area contributed by atoms with E-state index in [1.54, 1.807) is 38.9 Å². The first-order chi connectivity index (χ1) is 28.3. The van der Waals surface area contributed by atoms with Crippen LogP contribution in [-0.2, 0) is 10.8 Å². The molecule has 0 spiro atoms. The fourth-order valence-corrected chi connectivity index (χ4v) is 16.2. The standard InChI is InChI=1S/C54H58BN3/c1-51-31-29-35-17-11-13-23-40(35)53(51,3)42-25-15-27-44-49(42)57(51)46-33-39(56(37-19-7-5-8-20-37)38-21-9-6-10-22-38)34-47-48(46)55(44)45-28-16-26-43-50(45)58(47)52(2)32-30-36-18-12-14-24-41(36)54(43,52)4/h5-10,15-16,19-22,25-28,33-36,40-41H,11-14,17-18,23-24,29-32H2,1-4H3. The van der Waals surface area contributed by atoms with Crippen LogP contribution in [0.2, 0.25) is 0 Å². The monoisotopic (exact) mass is 759 g/mol. The Labute approximate surface area is 346 Å². The number of nitrogens with zero attached hydrogens (tertiary/aromatic N) is 3. The van der Waals surface area contributed by atoms with Gasteiger partial charge in [-0.25, -0.2) is 0 Å². The fourth-order valence-electron chi connectivity index (χ4n) is 16.2. The van der Waals surface area contributed by atoms with Gasteiger partial charge in [0.05, 0.1) is 16.8 Å². The van der Waals surface area contributed by atoms with Gasteiger partial charge in [-0.05, 0) is 140 Å². The van der Waals surface area contributed by atoms with Gasteiger partial charge in [0.1, 0.15) is 0 Å². The average Bonchev–Trinajstić information content (AvgIpc) is 3.62. The number of benzene rings is 5. The molecule has 4 heterocycles. The number of rotatable bonds is 3. The summed E-state index contributed by atoms with van der Waals surface area (Å²) in [7, 11) is 0. The lowest BCUT2D eigenvalue weighted by Gasteiger charge is -2.60. The van der Waals surface area contributed by atoms with Gasteiger partial charge in [-0.15, -0.1) is 0 Å². The van der Waals surface area contributed by atoms with E-state index in [-0.39, 0.29) is 28.6 Å². The van der Waals surface area contributed by atoms with Gasteiger partial charge in [-0.3, -0.25) is 0 Å². The van der Waals surface area contributed by atoms with Gasteiger partial charge in [0, 0.05) is 45.0 Å². The van der Waals surface area contributed by atoms with Crippen LogP contribution >= 0.6 is 0 Å². The topological polar surface area (TPSA) is 9.72 Å². The third-order valence-corrected chi connectivity index (χ3v) is 19.0. The van der Waals surface area contributed by atoms with Crippen LogP contribution in [0.5, 0.6) is 0 Å². The summed E-state index contributed by atoms with van der Waals surface area (Å²) in [5, 5.41) is 0. The van der Waals surface area contributed by atoms with E-state index in [0.29, 0.717) is 0 Å². The quantitative estimate of drug-likeness (QED) is 0.170. The zero-order valence-corrected chi connectivity index (χ0v) is 35.1. The molecule has 0 bridgehead atoms. The molecule has 0 aromatic heterocycles. The molecule has 4 aliphatic heterocycles. The summed E-state index contributed by atoms with van der Waals surface area (Å²) >= 11 is 0. The van der Waals surface area contributed by atoms with Crippen LogP contribution in [0.25, 0.3) is 0 Å². The molecule has 8 aliphatic rings. The van der Waals surface area contributed by atoms with E-state index < -0.39 is 0 Å². The summed E-state index contributed by atoms with van der Waals surface area (Å²) in [5.74, 6) is 3.11. The lowest BCUT2D eigenvalue weighted by Crippen LogP contribution is -2.68. The van der Waals surface area contributed by atoms with E-state index in [4.69, 9.17) is 0 Å². The molecule has 0 radical (unpaired) electrons. The van der Waals surface area contributed by atoms with Crippen LogP contribution in [-0.4, -0.2) is 17.8 Å². The van der Waals surface area contributed by atoms with Gasteiger partial charge in [-0.1, -0.05) is 125 Å². The van der Waals surface area contributed by atoms with Crippen molar-refractivity contribution in [3.63, 3.8) is 0 Å². The summed E-state index contributed by atoms with van der Waals surface area (Å²) in [6.07, 6.45) is 16.3. The van der Waals surface area contributed by atoms with Crippen molar-refractivity contribution in [3.8, 4) is 0 Å². The molecule has 58 heavy (non-hydrogen) atoms. The highest BCUT2D eigenvalue weighted by Gasteiger charge is 2.69. The largest absolute Gasteiger partial charge is 0.335 e. The molecular weight excluding hydrogens is 701 g/mol. The molecule has 5 aromatic rings. The number of fused-ring (bicyclic) bond motifs is 14. The molecule has 4 heteroatoms. The lowest BCUT2D eigenvalue weighted by atomic mass is 9.33. The number of hydrogen-bond acceptors (Lipinski definition) is 3. The summed E-state index contributed by atoms with van der Waals surface area (Å²) < 4.78 is 0. The first kappa shape index (κ1) is 34.4. The fraction of sp³-hybridized carbons (Fsp3) is 0.444. The van der Waals surface area contributed by atoms with E-state index in [2.05, 4.69) is 152 Å². The highest BCUT2D eigenvalue weighted by Crippen LogP contribution is 2.69. The van der Waals surface area contributed by atoms with Gasteiger partial charge >= 0.3 is 0 Å². The molecule has 0 amide bonds. The Morgan fingerprint density at radius 3 is 1.41 bits per heavy atom. The average molecular weight is 760 g/mol. The second kappa shape index (κ2) is 11.6. The van der Waals surface area contributed by atoms with Crippen molar-refractivity contribution < 1.29 is 0 Å². The zero-order chi connectivity index (χ0) is 38.8. The van der Waals surface area contributed by atoms with Crippen molar-refractivity contribution in [1.82, 2.24) is 0 Å². The molecule has 8 atom stereocenters. The van der Waals surface area contributed by atoms with E-state index in [9.17, 15) is 0 Å². The van der Waals surface area contributed by atoms with Crippen LogP contribution in [0, 0.1) is 23.7 Å². The Kier molecular flexibility index (Phi) is 6.91. The van der Waals surface area contributed by atoms with Crippen LogP contribution in [0.1, 0.15) is 116 Å². The Bertz CT molecular complexity index is 2350. The van der Waals surface area contributed by atoms with Crippen molar-refractivity contribution in [1.29, 1.82) is 0 Å². The van der Waals surface area contributed by atoms with Crippen LogP contribution in [0.4, 0.5) is 39.8 Å². The first-order valence-electron chi connectivity index (χ1n) is 23.2. The van der Waals surface area contributed by atoms with Crippen LogP contribution < -0.4 is 31.1 Å². The van der Waals surface area contributed by atoms with Gasteiger partial charge in [0.15, 0.2) is 0 Å². The third kappa shape index (κ3) is 3.91. The molecule has 13 rings (SSSR count). The second-order valence-corrected chi connectivity index (χ2v) is 20.8. The molecule has 8 unspecified atom stereocenters. The SMILES string of the molecule is CC12c3cccc4c3N(c3cc(N(c5ccccc5)c5ccccc5)cc5c3B4c3cccc4c3N5C3(C)CCC5CCCCC5C43C)C1(C)CCC1CCCCC12. The maximum absolute atomic E-state index is 2.99. The van der Waals surface area contributed by atoms with E-state index in [1.807, 2.05) is 0 Å². The predicted molar refractivity (Wildman–Crippen MR) is 244 cm³/mol. The van der Waals surface area contributed by atoms with Crippen molar-refractivity contribution in [2.24, 2.45) is 23.7 Å². The van der Waals surface area contributed by atoms with Crippen molar-refractivity contribution in [2.75, 3.05) is 14.7 Å². The number of anilines is 7. The highest BCUT2D eigenvalue weighted by atomic mass is 15.3. The Balaban J connectivity index is 1.14. The van der Waals surface area contributed by atoms with Crippen LogP contribution in [0.15, 0.2) is 109 Å². The minimum atomic E-state index is -0.0165. The van der Waals surface area contributed by atoms with Crippen molar-refractivity contribution >= 4 is 62.9 Å². The smallest absolute Gasteiger partial charge is 0.252 e. The van der Waals surface area contributed by atoms with Gasteiger partial charge in [0.2, 0.25) is 0 Å². The molecule has 0 N–H and O–H groups in total. The van der Waals surface area contributed by atoms with Gasteiger partial charge in [-0.2, -0.15) is 0 Å². The summed E-state index contributed by atoms with van der Waals surface area (Å²) in [4.78, 5) is 8.53. The maximum atomic E-state index is 2.99.